The van der Waals surface area contributed by atoms with Gasteiger partial charge in [0.15, 0.2) is 0 Å². The maximum Gasteiger partial charge on any atom is 0.0655 e. The molecule has 0 N–H and O–H groups in total. The zero-order chi connectivity index (χ0) is 8.32. The highest BCUT2D eigenvalue weighted by Crippen LogP contribution is 2.31. The van der Waals surface area contributed by atoms with E-state index < -0.39 is 0 Å². The Bertz CT molecular complexity index is 127. The molecule has 0 aromatic heterocycles. The Hall–Kier alpha value is 0.250. The zero-order valence-electron chi connectivity index (χ0n) is 7.40. The number of alkyl halides is 1. The normalized spacial score (nSPS) is 39.0. The summed E-state index contributed by atoms with van der Waals surface area (Å²) >= 11 is 5.81. The summed E-state index contributed by atoms with van der Waals surface area (Å²) in [5.74, 6) is 1.47. The molecule has 1 aliphatic rings. The molecular formula is C9H17ClO. The van der Waals surface area contributed by atoms with Crippen molar-refractivity contribution in [2.45, 2.75) is 38.7 Å². The number of hydrogen-bond acceptors (Lipinski definition) is 1. The summed E-state index contributed by atoms with van der Waals surface area (Å²) < 4.78 is 5.69. The summed E-state index contributed by atoms with van der Waals surface area (Å²) in [6.45, 7) is 5.25. The highest BCUT2D eigenvalue weighted by molar-refractivity contribution is 6.18. The standard InChI is InChI=1S/C9H17ClO/c1-3-9(2)6-8(7-10)4-5-11-9/h8H,3-7H2,1-2H3. The van der Waals surface area contributed by atoms with Gasteiger partial charge in [0.05, 0.1) is 5.60 Å². The van der Waals surface area contributed by atoms with Crippen LogP contribution in [0.5, 0.6) is 0 Å². The van der Waals surface area contributed by atoms with E-state index in [1.54, 1.807) is 0 Å². The van der Waals surface area contributed by atoms with Gasteiger partial charge in [0, 0.05) is 12.5 Å². The third-order valence-corrected chi connectivity index (χ3v) is 3.10. The van der Waals surface area contributed by atoms with Crippen molar-refractivity contribution in [3.63, 3.8) is 0 Å². The van der Waals surface area contributed by atoms with Crippen LogP contribution in [-0.4, -0.2) is 18.1 Å². The molecule has 2 atom stereocenters. The quantitative estimate of drug-likeness (QED) is 0.588. The van der Waals surface area contributed by atoms with Gasteiger partial charge in [-0.15, -0.1) is 11.6 Å². The Morgan fingerprint density at radius 3 is 2.91 bits per heavy atom. The highest BCUT2D eigenvalue weighted by atomic mass is 35.5. The maximum absolute atomic E-state index is 5.81. The number of hydrogen-bond donors (Lipinski definition) is 0. The zero-order valence-corrected chi connectivity index (χ0v) is 8.16. The van der Waals surface area contributed by atoms with E-state index in [9.17, 15) is 0 Å². The summed E-state index contributed by atoms with van der Waals surface area (Å²) in [7, 11) is 0. The molecule has 0 spiro atoms. The smallest absolute Gasteiger partial charge is 0.0655 e. The lowest BCUT2D eigenvalue weighted by molar-refractivity contribution is -0.0834. The average molecular weight is 177 g/mol. The topological polar surface area (TPSA) is 9.23 Å². The maximum atomic E-state index is 5.81. The lowest BCUT2D eigenvalue weighted by atomic mass is 9.86. The third kappa shape index (κ3) is 2.34. The van der Waals surface area contributed by atoms with Crippen molar-refractivity contribution >= 4 is 11.6 Å². The fourth-order valence-electron chi connectivity index (χ4n) is 1.62. The van der Waals surface area contributed by atoms with Gasteiger partial charge in [-0.25, -0.2) is 0 Å². The molecule has 0 bridgehead atoms. The van der Waals surface area contributed by atoms with E-state index in [1.807, 2.05) is 0 Å². The molecule has 1 rings (SSSR count). The van der Waals surface area contributed by atoms with Crippen LogP contribution in [0, 0.1) is 5.92 Å². The molecule has 0 aromatic rings. The molecule has 1 aliphatic heterocycles. The van der Waals surface area contributed by atoms with Gasteiger partial charge in [-0.1, -0.05) is 6.92 Å². The predicted molar refractivity (Wildman–Crippen MR) is 48.1 cm³/mol. The third-order valence-electron chi connectivity index (χ3n) is 2.66. The number of rotatable bonds is 2. The molecule has 2 heteroatoms. The molecule has 0 saturated carbocycles. The van der Waals surface area contributed by atoms with E-state index in [2.05, 4.69) is 13.8 Å². The van der Waals surface area contributed by atoms with Crippen LogP contribution >= 0.6 is 11.6 Å². The monoisotopic (exact) mass is 176 g/mol. The summed E-state index contributed by atoms with van der Waals surface area (Å²) in [5.41, 5.74) is 0.109. The number of ether oxygens (including phenoxy) is 1. The van der Waals surface area contributed by atoms with Crippen LogP contribution in [0.3, 0.4) is 0 Å². The average Bonchev–Trinajstić information content (AvgIpc) is 2.05. The van der Waals surface area contributed by atoms with Crippen molar-refractivity contribution in [1.82, 2.24) is 0 Å². The van der Waals surface area contributed by atoms with Gasteiger partial charge in [-0.2, -0.15) is 0 Å². The van der Waals surface area contributed by atoms with Gasteiger partial charge in [-0.05, 0) is 32.1 Å². The van der Waals surface area contributed by atoms with Crippen molar-refractivity contribution < 1.29 is 4.74 Å². The molecular weight excluding hydrogens is 160 g/mol. The van der Waals surface area contributed by atoms with Gasteiger partial charge in [0.1, 0.15) is 0 Å². The van der Waals surface area contributed by atoms with E-state index in [1.165, 1.54) is 0 Å². The SMILES string of the molecule is CCC1(C)CC(CCl)CCO1. The minimum absolute atomic E-state index is 0.109. The first-order valence-electron chi connectivity index (χ1n) is 4.40. The molecule has 66 valence electrons. The summed E-state index contributed by atoms with van der Waals surface area (Å²) in [4.78, 5) is 0. The summed E-state index contributed by atoms with van der Waals surface area (Å²) in [6.07, 6.45) is 3.37. The van der Waals surface area contributed by atoms with Crippen molar-refractivity contribution in [2.75, 3.05) is 12.5 Å². The second-order valence-electron chi connectivity index (χ2n) is 3.67. The van der Waals surface area contributed by atoms with E-state index in [4.69, 9.17) is 16.3 Å². The Labute approximate surface area is 74.1 Å². The molecule has 0 aliphatic carbocycles. The second-order valence-corrected chi connectivity index (χ2v) is 3.97. The van der Waals surface area contributed by atoms with E-state index in [0.717, 1.165) is 31.7 Å². The van der Waals surface area contributed by atoms with Crippen LogP contribution in [0.15, 0.2) is 0 Å². The van der Waals surface area contributed by atoms with E-state index in [0.29, 0.717) is 5.92 Å². The van der Waals surface area contributed by atoms with Gasteiger partial charge in [-0.3, -0.25) is 0 Å². The lowest BCUT2D eigenvalue weighted by Gasteiger charge is -2.37. The molecule has 1 heterocycles. The molecule has 1 nitrogen and oxygen atoms in total. The van der Waals surface area contributed by atoms with Crippen molar-refractivity contribution in [3.05, 3.63) is 0 Å². The Morgan fingerprint density at radius 1 is 1.64 bits per heavy atom. The first kappa shape index (κ1) is 9.34. The van der Waals surface area contributed by atoms with Crippen LogP contribution in [0.25, 0.3) is 0 Å². The van der Waals surface area contributed by atoms with Crippen LogP contribution in [0.1, 0.15) is 33.1 Å². The minimum atomic E-state index is 0.109. The first-order chi connectivity index (χ1) is 5.20. The van der Waals surface area contributed by atoms with Gasteiger partial charge in [0.25, 0.3) is 0 Å². The van der Waals surface area contributed by atoms with Crippen molar-refractivity contribution in [2.24, 2.45) is 5.92 Å². The van der Waals surface area contributed by atoms with Crippen molar-refractivity contribution in [1.29, 1.82) is 0 Å². The summed E-state index contributed by atoms with van der Waals surface area (Å²) in [5, 5.41) is 0. The lowest BCUT2D eigenvalue weighted by Crippen LogP contribution is -2.36. The van der Waals surface area contributed by atoms with Gasteiger partial charge < -0.3 is 4.74 Å². The van der Waals surface area contributed by atoms with Crippen LogP contribution < -0.4 is 0 Å². The molecule has 0 aromatic carbocycles. The van der Waals surface area contributed by atoms with Crippen LogP contribution in [0.2, 0.25) is 0 Å². The molecule has 0 amide bonds. The Morgan fingerprint density at radius 2 is 2.36 bits per heavy atom. The number of halogens is 1. The first-order valence-corrected chi connectivity index (χ1v) is 4.93. The molecule has 1 fully saturated rings. The van der Waals surface area contributed by atoms with E-state index in [-0.39, 0.29) is 5.60 Å². The minimum Gasteiger partial charge on any atom is -0.375 e. The fraction of sp³-hybridized carbons (Fsp3) is 1.00. The van der Waals surface area contributed by atoms with Crippen molar-refractivity contribution in [3.8, 4) is 0 Å². The molecule has 0 radical (unpaired) electrons. The van der Waals surface area contributed by atoms with Gasteiger partial charge >= 0.3 is 0 Å². The molecule has 1 saturated heterocycles. The molecule has 2 unspecified atom stereocenters. The highest BCUT2D eigenvalue weighted by Gasteiger charge is 2.30. The second kappa shape index (κ2) is 3.77. The van der Waals surface area contributed by atoms with Crippen LogP contribution in [-0.2, 0) is 4.74 Å². The molecule has 11 heavy (non-hydrogen) atoms. The Kier molecular flexibility index (Phi) is 3.20. The Balaban J connectivity index is 2.44. The summed E-state index contributed by atoms with van der Waals surface area (Å²) in [6, 6.07) is 0. The van der Waals surface area contributed by atoms with E-state index >= 15 is 0 Å². The largest absolute Gasteiger partial charge is 0.375 e. The fourth-order valence-corrected chi connectivity index (χ4v) is 1.89. The van der Waals surface area contributed by atoms with Crippen LogP contribution in [0.4, 0.5) is 0 Å². The van der Waals surface area contributed by atoms with Gasteiger partial charge in [0.2, 0.25) is 0 Å². The predicted octanol–water partition coefficient (Wildman–Crippen LogP) is 2.82.